The summed E-state index contributed by atoms with van der Waals surface area (Å²) in [5, 5.41) is 0. The van der Waals surface area contributed by atoms with E-state index in [-0.39, 0.29) is 5.41 Å². The number of benzene rings is 1. The molecule has 0 spiro atoms. The molecule has 1 aromatic carbocycles. The first-order chi connectivity index (χ1) is 9.34. The Kier molecular flexibility index (Phi) is 6.47. The van der Waals surface area contributed by atoms with E-state index in [1.807, 2.05) is 0 Å². The fourth-order valence-corrected chi connectivity index (χ4v) is 2.24. The zero-order valence-corrected chi connectivity index (χ0v) is 14.0. The molecule has 3 heteroatoms. The average Bonchev–Trinajstić information content (AvgIpc) is 2.37. The number of ether oxygens (including phenoxy) is 1. The van der Waals surface area contributed by atoms with Gasteiger partial charge in [0.25, 0.3) is 0 Å². The molecular formula is C17H27NOS. The van der Waals surface area contributed by atoms with E-state index >= 15 is 0 Å². The van der Waals surface area contributed by atoms with Crippen molar-refractivity contribution in [3.8, 4) is 5.75 Å². The van der Waals surface area contributed by atoms with Crippen LogP contribution in [-0.4, -0.2) is 11.6 Å². The Hall–Kier alpha value is -1.09. The van der Waals surface area contributed by atoms with Crippen molar-refractivity contribution in [2.75, 3.05) is 6.61 Å². The summed E-state index contributed by atoms with van der Waals surface area (Å²) >= 11 is 4.87. The summed E-state index contributed by atoms with van der Waals surface area (Å²) < 4.78 is 5.96. The zero-order valence-electron chi connectivity index (χ0n) is 13.2. The van der Waals surface area contributed by atoms with Gasteiger partial charge in [-0.1, -0.05) is 52.0 Å². The minimum atomic E-state index is 0.0966. The lowest BCUT2D eigenvalue weighted by atomic mass is 9.85. The van der Waals surface area contributed by atoms with Gasteiger partial charge in [0.15, 0.2) is 0 Å². The smallest absolute Gasteiger partial charge is 0.123 e. The summed E-state index contributed by atoms with van der Waals surface area (Å²) in [7, 11) is 0. The molecule has 1 rings (SSSR count). The average molecular weight is 293 g/mol. The van der Waals surface area contributed by atoms with E-state index in [4.69, 9.17) is 22.7 Å². The second-order valence-electron chi connectivity index (χ2n) is 6.21. The largest absolute Gasteiger partial charge is 0.493 e. The fourth-order valence-electron chi connectivity index (χ4n) is 2.09. The Bertz CT molecular complexity index is 449. The van der Waals surface area contributed by atoms with Crippen LogP contribution in [0.3, 0.4) is 0 Å². The van der Waals surface area contributed by atoms with Crippen LogP contribution in [0.2, 0.25) is 0 Å². The molecule has 0 saturated heterocycles. The monoisotopic (exact) mass is 293 g/mol. The highest BCUT2D eigenvalue weighted by molar-refractivity contribution is 7.80. The van der Waals surface area contributed by atoms with Crippen LogP contribution in [0, 0.1) is 0 Å². The summed E-state index contributed by atoms with van der Waals surface area (Å²) in [6.45, 7) is 9.57. The maximum Gasteiger partial charge on any atom is 0.123 e. The Balaban J connectivity index is 2.67. The normalized spacial score (nSPS) is 11.4. The molecule has 0 bridgehead atoms. The van der Waals surface area contributed by atoms with Crippen LogP contribution in [0.25, 0.3) is 0 Å². The molecule has 0 amide bonds. The highest BCUT2D eigenvalue weighted by Crippen LogP contribution is 2.32. The van der Waals surface area contributed by atoms with Gasteiger partial charge in [-0.25, -0.2) is 0 Å². The van der Waals surface area contributed by atoms with E-state index in [0.717, 1.165) is 38.0 Å². The van der Waals surface area contributed by atoms with E-state index in [9.17, 15) is 0 Å². The molecule has 0 unspecified atom stereocenters. The van der Waals surface area contributed by atoms with Crippen molar-refractivity contribution in [1.29, 1.82) is 0 Å². The summed E-state index contributed by atoms with van der Waals surface area (Å²) in [6, 6.07) is 6.52. The minimum absolute atomic E-state index is 0.0966. The molecule has 0 atom stereocenters. The second-order valence-corrected chi connectivity index (χ2v) is 6.73. The maximum absolute atomic E-state index is 5.96. The Morgan fingerprint density at radius 3 is 2.50 bits per heavy atom. The van der Waals surface area contributed by atoms with Crippen molar-refractivity contribution in [3.05, 3.63) is 29.3 Å². The van der Waals surface area contributed by atoms with Gasteiger partial charge >= 0.3 is 0 Å². The van der Waals surface area contributed by atoms with E-state index in [1.54, 1.807) is 0 Å². The van der Waals surface area contributed by atoms with Crippen molar-refractivity contribution in [2.24, 2.45) is 5.73 Å². The van der Waals surface area contributed by atoms with Crippen LogP contribution >= 0.6 is 12.2 Å². The van der Waals surface area contributed by atoms with Gasteiger partial charge in [0, 0.05) is 0 Å². The Labute approximate surface area is 128 Å². The molecule has 2 nitrogen and oxygen atoms in total. The third-order valence-electron chi connectivity index (χ3n) is 3.34. The SMILES string of the molecule is CCc1ccc(OCCCCC(N)=S)c(C(C)(C)C)c1. The van der Waals surface area contributed by atoms with Crippen molar-refractivity contribution in [3.63, 3.8) is 0 Å². The highest BCUT2D eigenvalue weighted by Gasteiger charge is 2.19. The number of rotatable bonds is 7. The molecule has 0 radical (unpaired) electrons. The minimum Gasteiger partial charge on any atom is -0.493 e. The van der Waals surface area contributed by atoms with Gasteiger partial charge in [-0.15, -0.1) is 0 Å². The second kappa shape index (κ2) is 7.63. The Morgan fingerprint density at radius 2 is 1.95 bits per heavy atom. The van der Waals surface area contributed by atoms with Gasteiger partial charge in [0.2, 0.25) is 0 Å². The van der Waals surface area contributed by atoms with Gasteiger partial charge in [0.1, 0.15) is 5.75 Å². The molecule has 0 saturated carbocycles. The first-order valence-electron chi connectivity index (χ1n) is 7.39. The van der Waals surface area contributed by atoms with Crippen LogP contribution in [-0.2, 0) is 11.8 Å². The molecule has 1 aromatic rings. The van der Waals surface area contributed by atoms with Crippen LogP contribution < -0.4 is 10.5 Å². The standard InChI is InChI=1S/C17H27NOS/c1-5-13-9-10-15(14(12-13)17(2,3)4)19-11-7-6-8-16(18)20/h9-10,12H,5-8,11H2,1-4H3,(H2,18,20). The number of thiocarbonyl (C=S) groups is 1. The number of aryl methyl sites for hydroxylation is 1. The molecule has 0 heterocycles. The van der Waals surface area contributed by atoms with Crippen LogP contribution in [0.5, 0.6) is 5.75 Å². The predicted molar refractivity (Wildman–Crippen MR) is 90.7 cm³/mol. The molecule has 20 heavy (non-hydrogen) atoms. The molecule has 0 fully saturated rings. The molecule has 0 aliphatic carbocycles. The van der Waals surface area contributed by atoms with Crippen molar-refractivity contribution in [2.45, 2.75) is 58.8 Å². The zero-order chi connectivity index (χ0) is 15.2. The number of nitrogens with two attached hydrogens (primary N) is 1. The van der Waals surface area contributed by atoms with Gasteiger partial charge in [-0.2, -0.15) is 0 Å². The third-order valence-corrected chi connectivity index (χ3v) is 3.54. The number of unbranched alkanes of at least 4 members (excludes halogenated alkanes) is 1. The first-order valence-corrected chi connectivity index (χ1v) is 7.80. The molecule has 0 aliphatic heterocycles. The third kappa shape index (κ3) is 5.49. The Morgan fingerprint density at radius 1 is 1.25 bits per heavy atom. The topological polar surface area (TPSA) is 35.2 Å². The lowest BCUT2D eigenvalue weighted by Crippen LogP contribution is -2.14. The first kappa shape index (κ1) is 17.0. The van der Waals surface area contributed by atoms with Gasteiger partial charge in [-0.3, -0.25) is 0 Å². The van der Waals surface area contributed by atoms with Gasteiger partial charge in [0.05, 0.1) is 11.6 Å². The van der Waals surface area contributed by atoms with Gasteiger partial charge < -0.3 is 10.5 Å². The summed E-state index contributed by atoms with van der Waals surface area (Å²) in [4.78, 5) is 0.590. The molecule has 112 valence electrons. The van der Waals surface area contributed by atoms with E-state index in [0.29, 0.717) is 4.99 Å². The van der Waals surface area contributed by atoms with Crippen LogP contribution in [0.15, 0.2) is 18.2 Å². The fraction of sp³-hybridized carbons (Fsp3) is 0.588. The molecular weight excluding hydrogens is 266 g/mol. The lowest BCUT2D eigenvalue weighted by molar-refractivity contribution is 0.300. The van der Waals surface area contributed by atoms with Crippen LogP contribution in [0.1, 0.15) is 58.1 Å². The van der Waals surface area contributed by atoms with E-state index in [2.05, 4.69) is 45.9 Å². The quantitative estimate of drug-likeness (QED) is 0.598. The van der Waals surface area contributed by atoms with E-state index < -0.39 is 0 Å². The van der Waals surface area contributed by atoms with E-state index in [1.165, 1.54) is 11.1 Å². The predicted octanol–water partition coefficient (Wildman–Crippen LogP) is 4.38. The molecule has 0 aliphatic rings. The number of hydrogen-bond donors (Lipinski definition) is 1. The van der Waals surface area contributed by atoms with Crippen molar-refractivity contribution < 1.29 is 4.74 Å². The van der Waals surface area contributed by atoms with Crippen molar-refractivity contribution in [1.82, 2.24) is 0 Å². The van der Waals surface area contributed by atoms with Crippen molar-refractivity contribution >= 4 is 17.2 Å². The highest BCUT2D eigenvalue weighted by atomic mass is 32.1. The van der Waals surface area contributed by atoms with Gasteiger partial charge in [-0.05, 0) is 48.3 Å². The summed E-state index contributed by atoms with van der Waals surface area (Å²) in [5.74, 6) is 1.00. The maximum atomic E-state index is 5.96. The summed E-state index contributed by atoms with van der Waals surface area (Å²) in [5.41, 5.74) is 8.23. The number of hydrogen-bond acceptors (Lipinski definition) is 2. The van der Waals surface area contributed by atoms with Crippen LogP contribution in [0.4, 0.5) is 0 Å². The molecule has 0 aromatic heterocycles. The summed E-state index contributed by atoms with van der Waals surface area (Å²) in [6.07, 6.45) is 3.83. The molecule has 2 N–H and O–H groups in total. The lowest BCUT2D eigenvalue weighted by Gasteiger charge is -2.23.